The first kappa shape index (κ1) is 14.0. The smallest absolute Gasteiger partial charge is 0.258 e. The van der Waals surface area contributed by atoms with Gasteiger partial charge >= 0.3 is 0 Å². The van der Waals surface area contributed by atoms with Crippen LogP contribution in [0.2, 0.25) is 0 Å². The highest BCUT2D eigenvalue weighted by Crippen LogP contribution is 2.22. The number of thioether (sulfide) groups is 1. The molecule has 0 bridgehead atoms. The summed E-state index contributed by atoms with van der Waals surface area (Å²) in [4.78, 5) is 24.0. The Bertz CT molecular complexity index is 1060. The second-order valence-electron chi connectivity index (χ2n) is 5.16. The zero-order valence-electron chi connectivity index (χ0n) is 12.2. The van der Waals surface area contributed by atoms with Gasteiger partial charge in [-0.2, -0.15) is 0 Å². The summed E-state index contributed by atoms with van der Waals surface area (Å²) in [6.07, 6.45) is 0. The molecule has 0 aliphatic rings. The van der Waals surface area contributed by atoms with Crippen LogP contribution in [0.4, 0.5) is 0 Å². The van der Waals surface area contributed by atoms with E-state index in [9.17, 15) is 4.79 Å². The van der Waals surface area contributed by atoms with E-state index in [1.54, 1.807) is 17.8 Å². The molecule has 0 saturated heterocycles. The number of rotatable bonds is 3. The standard InChI is InChI=1S/C18H13N3OS/c22-18-13-6-2-4-8-15(13)19-16(21-18)11-23-17-10-9-12-5-1-3-7-14(12)20-17/h1-10H,11H2,(H,19,21,22). The van der Waals surface area contributed by atoms with Crippen molar-refractivity contribution in [3.05, 3.63) is 76.8 Å². The predicted molar refractivity (Wildman–Crippen MR) is 93.7 cm³/mol. The molecule has 4 rings (SSSR count). The van der Waals surface area contributed by atoms with Crippen LogP contribution >= 0.6 is 11.8 Å². The molecule has 2 aromatic heterocycles. The molecule has 0 spiro atoms. The molecule has 0 radical (unpaired) electrons. The number of aromatic nitrogens is 3. The highest BCUT2D eigenvalue weighted by Gasteiger charge is 2.05. The second-order valence-corrected chi connectivity index (χ2v) is 6.16. The Morgan fingerprint density at radius 1 is 0.870 bits per heavy atom. The van der Waals surface area contributed by atoms with E-state index in [-0.39, 0.29) is 5.56 Å². The van der Waals surface area contributed by atoms with E-state index in [4.69, 9.17) is 0 Å². The van der Waals surface area contributed by atoms with E-state index in [1.807, 2.05) is 48.5 Å². The molecule has 23 heavy (non-hydrogen) atoms. The van der Waals surface area contributed by atoms with Crippen molar-refractivity contribution in [3.8, 4) is 0 Å². The van der Waals surface area contributed by atoms with Gasteiger partial charge < -0.3 is 4.98 Å². The summed E-state index contributed by atoms with van der Waals surface area (Å²) < 4.78 is 0. The van der Waals surface area contributed by atoms with Crippen LogP contribution < -0.4 is 5.56 Å². The van der Waals surface area contributed by atoms with Crippen molar-refractivity contribution >= 4 is 33.6 Å². The maximum absolute atomic E-state index is 12.1. The minimum absolute atomic E-state index is 0.0994. The fourth-order valence-electron chi connectivity index (χ4n) is 2.47. The average molecular weight is 319 g/mol. The number of fused-ring (bicyclic) bond motifs is 2. The van der Waals surface area contributed by atoms with Crippen molar-refractivity contribution in [1.82, 2.24) is 15.0 Å². The van der Waals surface area contributed by atoms with Crippen LogP contribution in [0.1, 0.15) is 5.82 Å². The maximum Gasteiger partial charge on any atom is 0.258 e. The Morgan fingerprint density at radius 2 is 1.65 bits per heavy atom. The molecule has 0 unspecified atom stereocenters. The Labute approximate surface area is 136 Å². The lowest BCUT2D eigenvalue weighted by molar-refractivity contribution is 1.03. The molecule has 0 amide bonds. The quantitative estimate of drug-likeness (QED) is 0.584. The number of benzene rings is 2. The van der Waals surface area contributed by atoms with Crippen LogP contribution in [-0.4, -0.2) is 15.0 Å². The number of para-hydroxylation sites is 2. The minimum atomic E-state index is -0.0994. The van der Waals surface area contributed by atoms with E-state index in [1.165, 1.54) is 0 Å². The molecule has 0 aliphatic heterocycles. The monoisotopic (exact) mass is 319 g/mol. The third kappa shape index (κ3) is 2.83. The zero-order valence-corrected chi connectivity index (χ0v) is 13.0. The summed E-state index contributed by atoms with van der Waals surface area (Å²) >= 11 is 1.56. The topological polar surface area (TPSA) is 58.6 Å². The highest BCUT2D eigenvalue weighted by atomic mass is 32.2. The lowest BCUT2D eigenvalue weighted by Gasteiger charge is -2.04. The van der Waals surface area contributed by atoms with Gasteiger partial charge in [0.2, 0.25) is 0 Å². The molecule has 1 N–H and O–H groups in total. The number of hydrogen-bond donors (Lipinski definition) is 1. The number of H-pyrrole nitrogens is 1. The van der Waals surface area contributed by atoms with Crippen molar-refractivity contribution in [1.29, 1.82) is 0 Å². The molecule has 4 aromatic rings. The van der Waals surface area contributed by atoms with Gasteiger partial charge in [-0.3, -0.25) is 4.79 Å². The number of nitrogens with zero attached hydrogens (tertiary/aromatic N) is 2. The Morgan fingerprint density at radius 3 is 2.57 bits per heavy atom. The molecule has 5 heteroatoms. The number of nitrogens with one attached hydrogen (secondary N) is 1. The molecule has 4 nitrogen and oxygen atoms in total. The van der Waals surface area contributed by atoms with Crippen molar-refractivity contribution in [2.24, 2.45) is 0 Å². The largest absolute Gasteiger partial charge is 0.309 e. The van der Waals surface area contributed by atoms with Gasteiger partial charge in [0, 0.05) is 5.39 Å². The molecule has 0 atom stereocenters. The molecule has 0 fully saturated rings. The molecular weight excluding hydrogens is 306 g/mol. The van der Waals surface area contributed by atoms with E-state index in [0.717, 1.165) is 21.4 Å². The van der Waals surface area contributed by atoms with Crippen molar-refractivity contribution < 1.29 is 0 Å². The summed E-state index contributed by atoms with van der Waals surface area (Å²) in [5.41, 5.74) is 1.59. The van der Waals surface area contributed by atoms with Gasteiger partial charge in [0.05, 0.1) is 27.2 Å². The van der Waals surface area contributed by atoms with Gasteiger partial charge in [-0.15, -0.1) is 0 Å². The fourth-order valence-corrected chi connectivity index (χ4v) is 3.22. The van der Waals surface area contributed by atoms with E-state index in [2.05, 4.69) is 21.0 Å². The molecule has 112 valence electrons. The molecule has 0 saturated carbocycles. The minimum Gasteiger partial charge on any atom is -0.309 e. The van der Waals surface area contributed by atoms with Crippen LogP contribution in [0.5, 0.6) is 0 Å². The summed E-state index contributed by atoms with van der Waals surface area (Å²) in [7, 11) is 0. The Hall–Kier alpha value is -2.66. The SMILES string of the molecule is O=c1[nH]c(CSc2ccc3ccccc3n2)nc2ccccc12. The number of hydrogen-bond acceptors (Lipinski definition) is 4. The Balaban J connectivity index is 1.61. The molecule has 2 aromatic carbocycles. The zero-order chi connectivity index (χ0) is 15.6. The Kier molecular flexibility index (Phi) is 3.55. The van der Waals surface area contributed by atoms with E-state index in [0.29, 0.717) is 17.0 Å². The van der Waals surface area contributed by atoms with Gasteiger partial charge in [0.15, 0.2) is 0 Å². The van der Waals surface area contributed by atoms with Gasteiger partial charge in [0.25, 0.3) is 5.56 Å². The third-order valence-corrected chi connectivity index (χ3v) is 4.53. The van der Waals surface area contributed by atoms with Gasteiger partial charge in [-0.25, -0.2) is 9.97 Å². The summed E-state index contributed by atoms with van der Waals surface area (Å²) in [5, 5.41) is 2.65. The predicted octanol–water partition coefficient (Wildman–Crippen LogP) is 3.76. The first-order valence-electron chi connectivity index (χ1n) is 7.26. The van der Waals surface area contributed by atoms with Crippen molar-refractivity contribution in [2.45, 2.75) is 10.8 Å². The van der Waals surface area contributed by atoms with Gasteiger partial charge in [0.1, 0.15) is 5.82 Å². The van der Waals surface area contributed by atoms with Crippen LogP contribution in [0.25, 0.3) is 21.8 Å². The normalized spacial score (nSPS) is 11.1. The number of pyridine rings is 1. The first-order valence-corrected chi connectivity index (χ1v) is 8.25. The average Bonchev–Trinajstić information content (AvgIpc) is 2.60. The van der Waals surface area contributed by atoms with Crippen LogP contribution in [-0.2, 0) is 5.75 Å². The second kappa shape index (κ2) is 5.85. The maximum atomic E-state index is 12.1. The van der Waals surface area contributed by atoms with Gasteiger partial charge in [-0.1, -0.05) is 48.2 Å². The molecule has 0 aliphatic carbocycles. The highest BCUT2D eigenvalue weighted by molar-refractivity contribution is 7.98. The summed E-state index contributed by atoms with van der Waals surface area (Å²) in [6.45, 7) is 0. The fraction of sp³-hybridized carbons (Fsp3) is 0.0556. The lowest BCUT2D eigenvalue weighted by atomic mass is 10.2. The van der Waals surface area contributed by atoms with Gasteiger partial charge in [-0.05, 0) is 24.3 Å². The lowest BCUT2D eigenvalue weighted by Crippen LogP contribution is -2.11. The van der Waals surface area contributed by atoms with Crippen LogP contribution in [0, 0.1) is 0 Å². The van der Waals surface area contributed by atoms with Crippen molar-refractivity contribution in [3.63, 3.8) is 0 Å². The summed E-state index contributed by atoms with van der Waals surface area (Å²) in [5.74, 6) is 1.24. The first-order chi connectivity index (χ1) is 11.3. The van der Waals surface area contributed by atoms with Crippen molar-refractivity contribution in [2.75, 3.05) is 0 Å². The van der Waals surface area contributed by atoms with Crippen LogP contribution in [0.15, 0.2) is 70.5 Å². The van der Waals surface area contributed by atoms with E-state index >= 15 is 0 Å². The molecular formula is C18H13N3OS. The van der Waals surface area contributed by atoms with E-state index < -0.39 is 0 Å². The number of aromatic amines is 1. The van der Waals surface area contributed by atoms with Crippen LogP contribution in [0.3, 0.4) is 0 Å². The third-order valence-electron chi connectivity index (χ3n) is 3.59. The summed E-state index contributed by atoms with van der Waals surface area (Å²) in [6, 6.07) is 19.4. The molecule has 2 heterocycles.